The summed E-state index contributed by atoms with van der Waals surface area (Å²) in [4.78, 5) is 11.6. The van der Waals surface area contributed by atoms with Crippen molar-refractivity contribution in [2.45, 2.75) is 44.1 Å². The van der Waals surface area contributed by atoms with Crippen LogP contribution in [0.2, 0.25) is 0 Å². The molecule has 1 aliphatic rings. The lowest BCUT2D eigenvalue weighted by Gasteiger charge is -2.31. The molecule has 0 unspecified atom stereocenters. The van der Waals surface area contributed by atoms with Crippen molar-refractivity contribution in [3.05, 3.63) is 48.6 Å². The Morgan fingerprint density at radius 1 is 1.28 bits per heavy atom. The minimum atomic E-state index is -0.155. The number of carbonyl (C=O) groups excluding carboxylic acids is 1. The molecule has 0 aliphatic heterocycles. The molecule has 1 saturated carbocycles. The zero-order chi connectivity index (χ0) is 12.8. The minimum Gasteiger partial charge on any atom is -0.461 e. The average molecular weight is 244 g/mol. The molecule has 0 saturated heterocycles. The van der Waals surface area contributed by atoms with Gasteiger partial charge in [-0.05, 0) is 24.8 Å². The molecule has 0 bridgehead atoms. The number of benzene rings is 1. The molecule has 0 aromatic heterocycles. The highest BCUT2D eigenvalue weighted by atomic mass is 16.5. The number of carbonyl (C=O) groups is 1. The fourth-order valence-electron chi connectivity index (χ4n) is 2.65. The van der Waals surface area contributed by atoms with E-state index in [0.29, 0.717) is 12.3 Å². The van der Waals surface area contributed by atoms with Crippen LogP contribution in [0.15, 0.2) is 43.0 Å². The van der Waals surface area contributed by atoms with E-state index in [1.807, 2.05) is 18.2 Å². The minimum absolute atomic E-state index is 0.0357. The van der Waals surface area contributed by atoms with Gasteiger partial charge in [0.1, 0.15) is 6.10 Å². The van der Waals surface area contributed by atoms with Crippen LogP contribution in [0.5, 0.6) is 0 Å². The molecule has 1 aliphatic carbocycles. The molecule has 1 aromatic rings. The number of rotatable bonds is 4. The standard InChI is InChI=1S/C16H20O2/c1-2-8-16(17)18-15-12-7-6-11-14(15)13-9-4-3-5-10-13/h2-5,9-10,14-15H,1,6-8,11-12H2/t14-,15+/m1/s1. The van der Waals surface area contributed by atoms with Gasteiger partial charge in [0.25, 0.3) is 0 Å². The summed E-state index contributed by atoms with van der Waals surface area (Å²) in [5.41, 5.74) is 1.29. The fourth-order valence-corrected chi connectivity index (χ4v) is 2.65. The molecule has 1 aromatic carbocycles. The molecular formula is C16H20O2. The molecule has 96 valence electrons. The van der Waals surface area contributed by atoms with Gasteiger partial charge in [-0.3, -0.25) is 4.79 Å². The van der Waals surface area contributed by atoms with Gasteiger partial charge in [-0.15, -0.1) is 6.58 Å². The van der Waals surface area contributed by atoms with Crippen LogP contribution < -0.4 is 0 Å². The molecule has 0 radical (unpaired) electrons. The van der Waals surface area contributed by atoms with Crippen LogP contribution in [-0.2, 0) is 9.53 Å². The summed E-state index contributed by atoms with van der Waals surface area (Å²) in [6.07, 6.45) is 6.39. The lowest BCUT2D eigenvalue weighted by atomic mass is 9.81. The van der Waals surface area contributed by atoms with Crippen LogP contribution in [-0.4, -0.2) is 12.1 Å². The monoisotopic (exact) mass is 244 g/mol. The maximum atomic E-state index is 11.6. The summed E-state index contributed by atoms with van der Waals surface area (Å²) in [5.74, 6) is 0.201. The van der Waals surface area contributed by atoms with Crippen molar-refractivity contribution in [1.29, 1.82) is 0 Å². The second-order valence-electron chi connectivity index (χ2n) is 4.82. The highest BCUT2D eigenvalue weighted by Crippen LogP contribution is 2.35. The van der Waals surface area contributed by atoms with E-state index < -0.39 is 0 Å². The van der Waals surface area contributed by atoms with Gasteiger partial charge in [0, 0.05) is 5.92 Å². The van der Waals surface area contributed by atoms with E-state index in [1.165, 1.54) is 12.0 Å². The van der Waals surface area contributed by atoms with Crippen molar-refractivity contribution in [1.82, 2.24) is 0 Å². The van der Waals surface area contributed by atoms with Gasteiger partial charge in [0.05, 0.1) is 6.42 Å². The molecule has 0 amide bonds. The smallest absolute Gasteiger partial charge is 0.309 e. The molecule has 18 heavy (non-hydrogen) atoms. The predicted octanol–water partition coefficient (Wildman–Crippen LogP) is 3.83. The molecule has 2 atom stereocenters. The predicted molar refractivity (Wildman–Crippen MR) is 72.3 cm³/mol. The van der Waals surface area contributed by atoms with Gasteiger partial charge in [-0.2, -0.15) is 0 Å². The molecule has 2 rings (SSSR count). The average Bonchev–Trinajstić information content (AvgIpc) is 2.40. The maximum Gasteiger partial charge on any atom is 0.309 e. The first-order chi connectivity index (χ1) is 8.81. The van der Waals surface area contributed by atoms with Gasteiger partial charge in [-0.1, -0.05) is 42.8 Å². The Balaban J connectivity index is 2.06. The van der Waals surface area contributed by atoms with Crippen molar-refractivity contribution < 1.29 is 9.53 Å². The van der Waals surface area contributed by atoms with Gasteiger partial charge in [0.2, 0.25) is 0 Å². The molecule has 0 N–H and O–H groups in total. The second-order valence-corrected chi connectivity index (χ2v) is 4.82. The van der Waals surface area contributed by atoms with Crippen LogP contribution in [0.25, 0.3) is 0 Å². The van der Waals surface area contributed by atoms with E-state index in [4.69, 9.17) is 4.74 Å². The van der Waals surface area contributed by atoms with Crippen LogP contribution in [0.1, 0.15) is 43.6 Å². The molecule has 1 fully saturated rings. The van der Waals surface area contributed by atoms with Crippen molar-refractivity contribution in [2.75, 3.05) is 0 Å². The van der Waals surface area contributed by atoms with E-state index >= 15 is 0 Å². The molecular weight excluding hydrogens is 224 g/mol. The Kier molecular flexibility index (Phi) is 4.57. The largest absolute Gasteiger partial charge is 0.461 e. The third-order valence-corrected chi connectivity index (χ3v) is 3.52. The first-order valence-corrected chi connectivity index (χ1v) is 6.66. The Bertz CT molecular complexity index is 397. The lowest BCUT2D eigenvalue weighted by Crippen LogP contribution is -2.28. The molecule has 2 heteroatoms. The van der Waals surface area contributed by atoms with Crippen molar-refractivity contribution >= 4 is 5.97 Å². The Labute approximate surface area is 109 Å². The van der Waals surface area contributed by atoms with Crippen molar-refractivity contribution in [3.63, 3.8) is 0 Å². The lowest BCUT2D eigenvalue weighted by molar-refractivity contribution is -0.150. The summed E-state index contributed by atoms with van der Waals surface area (Å²) in [5, 5.41) is 0. The van der Waals surface area contributed by atoms with Crippen LogP contribution >= 0.6 is 0 Å². The zero-order valence-corrected chi connectivity index (χ0v) is 10.7. The van der Waals surface area contributed by atoms with E-state index in [2.05, 4.69) is 18.7 Å². The van der Waals surface area contributed by atoms with Crippen LogP contribution in [0.3, 0.4) is 0 Å². The van der Waals surface area contributed by atoms with Gasteiger partial charge in [-0.25, -0.2) is 0 Å². The second kappa shape index (κ2) is 6.39. The summed E-state index contributed by atoms with van der Waals surface area (Å²) < 4.78 is 5.59. The Morgan fingerprint density at radius 3 is 2.72 bits per heavy atom. The summed E-state index contributed by atoms with van der Waals surface area (Å²) in [6, 6.07) is 10.4. The first-order valence-electron chi connectivity index (χ1n) is 6.66. The van der Waals surface area contributed by atoms with Crippen LogP contribution in [0.4, 0.5) is 0 Å². The van der Waals surface area contributed by atoms with Gasteiger partial charge >= 0.3 is 5.97 Å². The van der Waals surface area contributed by atoms with E-state index in [-0.39, 0.29) is 12.1 Å². The zero-order valence-electron chi connectivity index (χ0n) is 10.7. The Morgan fingerprint density at radius 2 is 2.00 bits per heavy atom. The number of ether oxygens (including phenoxy) is 1. The quantitative estimate of drug-likeness (QED) is 0.594. The van der Waals surface area contributed by atoms with Crippen molar-refractivity contribution in [2.24, 2.45) is 0 Å². The molecule has 2 nitrogen and oxygen atoms in total. The fraction of sp³-hybridized carbons (Fsp3) is 0.438. The molecule has 0 spiro atoms. The molecule has 0 heterocycles. The van der Waals surface area contributed by atoms with Crippen LogP contribution in [0, 0.1) is 0 Å². The number of esters is 1. The Hall–Kier alpha value is -1.57. The highest BCUT2D eigenvalue weighted by Gasteiger charge is 2.29. The third kappa shape index (κ3) is 3.22. The summed E-state index contributed by atoms with van der Waals surface area (Å²) >= 11 is 0. The maximum absolute atomic E-state index is 11.6. The summed E-state index contributed by atoms with van der Waals surface area (Å²) in [7, 11) is 0. The highest BCUT2D eigenvalue weighted by molar-refractivity contribution is 5.71. The normalized spacial score (nSPS) is 23.3. The van der Waals surface area contributed by atoms with E-state index in [9.17, 15) is 4.79 Å². The number of hydrogen-bond acceptors (Lipinski definition) is 2. The van der Waals surface area contributed by atoms with Gasteiger partial charge in [0.15, 0.2) is 0 Å². The third-order valence-electron chi connectivity index (χ3n) is 3.52. The van der Waals surface area contributed by atoms with Gasteiger partial charge < -0.3 is 4.74 Å². The van der Waals surface area contributed by atoms with E-state index in [1.54, 1.807) is 6.08 Å². The first kappa shape index (κ1) is 12.9. The van der Waals surface area contributed by atoms with Crippen molar-refractivity contribution in [3.8, 4) is 0 Å². The summed E-state index contributed by atoms with van der Waals surface area (Å²) in [6.45, 7) is 3.57. The SMILES string of the molecule is C=CCC(=O)O[C@H]1CCCC[C@@H]1c1ccccc1. The van der Waals surface area contributed by atoms with E-state index in [0.717, 1.165) is 19.3 Å². The topological polar surface area (TPSA) is 26.3 Å². The number of hydrogen-bond donors (Lipinski definition) is 0.